The highest BCUT2D eigenvalue weighted by Crippen LogP contribution is 2.32. The molecule has 0 fully saturated rings. The maximum Gasteiger partial charge on any atom is 0.275 e. The van der Waals surface area contributed by atoms with Crippen LogP contribution in [0.15, 0.2) is 54.4 Å². The Bertz CT molecular complexity index is 1080. The van der Waals surface area contributed by atoms with Gasteiger partial charge in [0, 0.05) is 28.4 Å². The van der Waals surface area contributed by atoms with Gasteiger partial charge in [0.25, 0.3) is 11.8 Å². The number of hydrogen-bond acceptors (Lipinski definition) is 4. The molecule has 3 aromatic rings. The van der Waals surface area contributed by atoms with Crippen molar-refractivity contribution in [3.8, 4) is 5.75 Å². The van der Waals surface area contributed by atoms with Crippen LogP contribution in [0, 0.1) is 6.92 Å². The quantitative estimate of drug-likeness (QED) is 0.634. The predicted molar refractivity (Wildman–Crippen MR) is 99.7 cm³/mol. The van der Waals surface area contributed by atoms with Crippen molar-refractivity contribution in [1.29, 1.82) is 0 Å². The summed E-state index contributed by atoms with van der Waals surface area (Å²) in [6.45, 7) is 1.91. The van der Waals surface area contributed by atoms with E-state index in [0.29, 0.717) is 11.1 Å². The van der Waals surface area contributed by atoms with Crippen molar-refractivity contribution in [3.05, 3.63) is 65.5 Å². The minimum Gasteiger partial charge on any atom is -0.497 e. The molecular weight excluding hydrogens is 330 g/mol. The zero-order valence-electron chi connectivity index (χ0n) is 14.3. The van der Waals surface area contributed by atoms with Crippen LogP contribution >= 0.6 is 0 Å². The summed E-state index contributed by atoms with van der Waals surface area (Å²) in [5, 5.41) is 6.39. The van der Waals surface area contributed by atoms with E-state index in [0.717, 1.165) is 27.9 Å². The van der Waals surface area contributed by atoms with E-state index in [1.165, 1.54) is 0 Å². The van der Waals surface area contributed by atoms with Crippen molar-refractivity contribution >= 4 is 34.0 Å². The fraction of sp³-hybridized carbons (Fsp3) is 0.100. The zero-order chi connectivity index (χ0) is 18.3. The van der Waals surface area contributed by atoms with E-state index in [4.69, 9.17) is 4.74 Å². The third kappa shape index (κ3) is 2.52. The molecule has 26 heavy (non-hydrogen) atoms. The number of rotatable bonds is 4. The van der Waals surface area contributed by atoms with E-state index in [1.807, 2.05) is 43.3 Å². The van der Waals surface area contributed by atoms with Gasteiger partial charge in [0.05, 0.1) is 12.7 Å². The number of H-pyrrole nitrogens is 1. The van der Waals surface area contributed by atoms with Gasteiger partial charge in [0.1, 0.15) is 11.4 Å². The summed E-state index contributed by atoms with van der Waals surface area (Å²) in [5.74, 6) is -0.121. The fourth-order valence-electron chi connectivity index (χ4n) is 3.15. The topological polar surface area (TPSA) is 83.2 Å². The second-order valence-corrected chi connectivity index (χ2v) is 6.09. The molecular formula is C20H17N3O3. The van der Waals surface area contributed by atoms with Gasteiger partial charge < -0.3 is 15.0 Å². The van der Waals surface area contributed by atoms with Crippen molar-refractivity contribution < 1.29 is 14.3 Å². The summed E-state index contributed by atoms with van der Waals surface area (Å²) >= 11 is 0. The van der Waals surface area contributed by atoms with Crippen molar-refractivity contribution in [2.45, 2.75) is 6.92 Å². The second kappa shape index (κ2) is 6.07. The number of methoxy groups -OCH3 is 1. The van der Waals surface area contributed by atoms with Gasteiger partial charge >= 0.3 is 0 Å². The van der Waals surface area contributed by atoms with E-state index >= 15 is 0 Å². The molecule has 0 unspecified atom stereocenters. The lowest BCUT2D eigenvalue weighted by Crippen LogP contribution is -2.24. The zero-order valence-corrected chi connectivity index (χ0v) is 14.3. The van der Waals surface area contributed by atoms with Gasteiger partial charge in [0.15, 0.2) is 0 Å². The van der Waals surface area contributed by atoms with Crippen molar-refractivity contribution in [3.63, 3.8) is 0 Å². The third-order valence-corrected chi connectivity index (χ3v) is 4.48. The van der Waals surface area contributed by atoms with Gasteiger partial charge in [-0.15, -0.1) is 0 Å². The Morgan fingerprint density at radius 2 is 1.85 bits per heavy atom. The molecule has 130 valence electrons. The summed E-state index contributed by atoms with van der Waals surface area (Å²) in [6.07, 6.45) is 1.75. The number of benzene rings is 2. The standard InChI is InChI=1S/C20H17N3O3/c1-11-9-12(26-2)7-8-15(11)22-18-17(19(24)23-20(18)25)14-10-21-16-6-4-3-5-13(14)16/h3-10,21H,1-2H3,(H2,22,23,24,25). The number of amides is 2. The van der Waals surface area contributed by atoms with Crippen LogP contribution in [0.4, 0.5) is 5.69 Å². The van der Waals surface area contributed by atoms with Crippen LogP contribution < -0.4 is 15.4 Å². The first-order valence-corrected chi connectivity index (χ1v) is 8.16. The Balaban J connectivity index is 1.83. The first-order valence-electron chi connectivity index (χ1n) is 8.16. The summed E-state index contributed by atoms with van der Waals surface area (Å²) in [6, 6.07) is 13.1. The molecule has 0 spiro atoms. The molecule has 2 amide bonds. The molecule has 0 radical (unpaired) electrons. The normalized spacial score (nSPS) is 14.1. The Morgan fingerprint density at radius 3 is 2.62 bits per heavy atom. The van der Waals surface area contributed by atoms with Crippen LogP contribution in [0.2, 0.25) is 0 Å². The summed E-state index contributed by atoms with van der Waals surface area (Å²) in [5.41, 5.74) is 3.82. The number of aryl methyl sites for hydroxylation is 1. The smallest absolute Gasteiger partial charge is 0.275 e. The molecule has 6 heteroatoms. The van der Waals surface area contributed by atoms with Crippen molar-refractivity contribution in [1.82, 2.24) is 10.3 Å². The van der Waals surface area contributed by atoms with Gasteiger partial charge in [-0.1, -0.05) is 18.2 Å². The lowest BCUT2D eigenvalue weighted by molar-refractivity contribution is -0.123. The average Bonchev–Trinajstić information content (AvgIpc) is 3.17. The van der Waals surface area contributed by atoms with Crippen LogP contribution in [-0.2, 0) is 9.59 Å². The van der Waals surface area contributed by atoms with Gasteiger partial charge in [-0.05, 0) is 36.8 Å². The average molecular weight is 347 g/mol. The summed E-state index contributed by atoms with van der Waals surface area (Å²) < 4.78 is 5.21. The molecule has 1 aromatic heterocycles. The number of anilines is 1. The van der Waals surface area contributed by atoms with E-state index < -0.39 is 11.8 Å². The highest BCUT2D eigenvalue weighted by atomic mass is 16.5. The van der Waals surface area contributed by atoms with Crippen LogP contribution in [0.5, 0.6) is 5.75 Å². The minimum atomic E-state index is -0.439. The Hall–Kier alpha value is -3.54. The molecule has 1 aliphatic heterocycles. The van der Waals surface area contributed by atoms with Crippen molar-refractivity contribution in [2.24, 2.45) is 0 Å². The molecule has 2 aromatic carbocycles. The highest BCUT2D eigenvalue weighted by molar-refractivity contribution is 6.38. The van der Waals surface area contributed by atoms with E-state index in [9.17, 15) is 9.59 Å². The highest BCUT2D eigenvalue weighted by Gasteiger charge is 2.33. The van der Waals surface area contributed by atoms with E-state index in [1.54, 1.807) is 19.4 Å². The van der Waals surface area contributed by atoms with Gasteiger partial charge in [-0.25, -0.2) is 0 Å². The Labute approximate surface area is 149 Å². The first kappa shape index (κ1) is 16.0. The number of nitrogens with one attached hydrogen (secondary N) is 3. The number of aromatic nitrogens is 1. The molecule has 1 aliphatic rings. The molecule has 0 bridgehead atoms. The number of carbonyl (C=O) groups is 2. The van der Waals surface area contributed by atoms with E-state index in [-0.39, 0.29) is 5.70 Å². The van der Waals surface area contributed by atoms with Crippen molar-refractivity contribution in [2.75, 3.05) is 12.4 Å². The Kier molecular flexibility index (Phi) is 3.73. The number of hydrogen-bond donors (Lipinski definition) is 3. The van der Waals surface area contributed by atoms with Crippen LogP contribution in [0.3, 0.4) is 0 Å². The molecule has 0 aliphatic carbocycles. The fourth-order valence-corrected chi connectivity index (χ4v) is 3.15. The number of carbonyl (C=O) groups excluding carboxylic acids is 2. The monoisotopic (exact) mass is 347 g/mol. The molecule has 4 rings (SSSR count). The van der Waals surface area contributed by atoms with E-state index in [2.05, 4.69) is 15.6 Å². The van der Waals surface area contributed by atoms with Crippen LogP contribution in [0.25, 0.3) is 16.5 Å². The molecule has 0 atom stereocenters. The summed E-state index contributed by atoms with van der Waals surface area (Å²) in [4.78, 5) is 28.0. The molecule has 6 nitrogen and oxygen atoms in total. The first-order chi connectivity index (χ1) is 12.6. The van der Waals surface area contributed by atoms with Crippen LogP contribution in [0.1, 0.15) is 11.1 Å². The number of ether oxygens (including phenoxy) is 1. The SMILES string of the molecule is COc1ccc(NC2=C(c3c[nH]c4ccccc34)C(=O)NC2=O)c(C)c1. The third-order valence-electron chi connectivity index (χ3n) is 4.48. The molecule has 0 saturated carbocycles. The molecule has 0 saturated heterocycles. The van der Waals surface area contributed by atoms with Crippen LogP contribution in [-0.4, -0.2) is 23.9 Å². The maximum atomic E-state index is 12.4. The molecule has 2 heterocycles. The lowest BCUT2D eigenvalue weighted by atomic mass is 10.0. The number of imide groups is 1. The number of para-hydroxylation sites is 1. The van der Waals surface area contributed by atoms with Gasteiger partial charge in [-0.2, -0.15) is 0 Å². The summed E-state index contributed by atoms with van der Waals surface area (Å²) in [7, 11) is 1.60. The lowest BCUT2D eigenvalue weighted by Gasteiger charge is -2.11. The largest absolute Gasteiger partial charge is 0.497 e. The Morgan fingerprint density at radius 1 is 1.04 bits per heavy atom. The minimum absolute atomic E-state index is 0.244. The van der Waals surface area contributed by atoms with Gasteiger partial charge in [0.2, 0.25) is 0 Å². The predicted octanol–water partition coefficient (Wildman–Crippen LogP) is 2.96. The number of aromatic amines is 1. The maximum absolute atomic E-state index is 12.4. The second-order valence-electron chi connectivity index (χ2n) is 6.09. The number of fused-ring (bicyclic) bond motifs is 1. The molecule has 3 N–H and O–H groups in total. The van der Waals surface area contributed by atoms with Gasteiger partial charge in [-0.3, -0.25) is 14.9 Å².